The molecule has 10 heteroatoms. The van der Waals surface area contributed by atoms with Crippen molar-refractivity contribution < 1.29 is 23.8 Å². The van der Waals surface area contributed by atoms with Crippen molar-refractivity contribution in [1.82, 2.24) is 20.2 Å². The molecule has 1 saturated heterocycles. The Morgan fingerprint density at radius 3 is 2.39 bits per heavy atom. The van der Waals surface area contributed by atoms with E-state index in [9.17, 15) is 9.59 Å². The first-order valence-electron chi connectivity index (χ1n) is 14.0. The highest BCUT2D eigenvalue weighted by molar-refractivity contribution is 6.01. The van der Waals surface area contributed by atoms with E-state index >= 15 is 0 Å². The number of carbonyl (C=O) groups excluding carboxylic acids is 2. The summed E-state index contributed by atoms with van der Waals surface area (Å²) in [5, 5.41) is 6.52. The number of nitrogens with zero attached hydrogens (tertiary/aromatic N) is 2. The molecule has 1 unspecified atom stereocenters. The van der Waals surface area contributed by atoms with Gasteiger partial charge in [0.05, 0.1) is 38.5 Å². The fourth-order valence-corrected chi connectivity index (χ4v) is 4.97. The van der Waals surface area contributed by atoms with Crippen LogP contribution in [0, 0.1) is 0 Å². The minimum absolute atomic E-state index is 0.0407. The fraction of sp³-hybridized carbons (Fsp3) is 0.452. The number of aromatic nitrogens is 2. The Labute approximate surface area is 241 Å². The van der Waals surface area contributed by atoms with E-state index < -0.39 is 11.6 Å². The molecule has 220 valence electrons. The van der Waals surface area contributed by atoms with Crippen molar-refractivity contribution in [3.8, 4) is 5.75 Å². The number of morpholine rings is 1. The van der Waals surface area contributed by atoms with E-state index in [1.165, 1.54) is 0 Å². The topological polar surface area (TPSA) is 118 Å². The molecule has 0 bridgehead atoms. The van der Waals surface area contributed by atoms with Crippen LogP contribution in [0.2, 0.25) is 0 Å². The number of anilines is 1. The number of ether oxygens (including phenoxy) is 3. The van der Waals surface area contributed by atoms with E-state index in [4.69, 9.17) is 14.2 Å². The summed E-state index contributed by atoms with van der Waals surface area (Å²) in [6.45, 7) is 10.9. The summed E-state index contributed by atoms with van der Waals surface area (Å²) < 4.78 is 16.5. The van der Waals surface area contributed by atoms with Crippen LogP contribution in [-0.2, 0) is 22.4 Å². The van der Waals surface area contributed by atoms with Crippen LogP contribution in [0.3, 0.4) is 0 Å². The lowest BCUT2D eigenvalue weighted by Crippen LogP contribution is -2.44. The molecule has 41 heavy (non-hydrogen) atoms. The summed E-state index contributed by atoms with van der Waals surface area (Å²) in [7, 11) is 1.62. The van der Waals surface area contributed by atoms with Gasteiger partial charge in [0.1, 0.15) is 17.0 Å². The summed E-state index contributed by atoms with van der Waals surface area (Å²) >= 11 is 0. The van der Waals surface area contributed by atoms with Crippen LogP contribution in [0.4, 0.5) is 5.69 Å². The Hall–Kier alpha value is -3.89. The maximum Gasteiger partial charge on any atom is 0.355 e. The minimum atomic E-state index is -0.674. The molecular weight excluding hydrogens is 522 g/mol. The molecule has 1 aromatic carbocycles. The SMILES string of the molecule is CCc1c(C(=O)OC(C)(C)C)[nH]c(CNc2ccc(OC)cc2)c1C(=O)NCC(c1ccncc1)N1CCOCC1. The second-order valence-corrected chi connectivity index (χ2v) is 10.9. The van der Waals surface area contributed by atoms with Crippen LogP contribution < -0.4 is 15.4 Å². The van der Waals surface area contributed by atoms with Gasteiger partial charge in [0.2, 0.25) is 0 Å². The van der Waals surface area contributed by atoms with Gasteiger partial charge in [0, 0.05) is 43.4 Å². The average Bonchev–Trinajstić information content (AvgIpc) is 3.35. The summed E-state index contributed by atoms with van der Waals surface area (Å²) in [5.41, 5.74) is 3.27. The van der Waals surface area contributed by atoms with Gasteiger partial charge in [-0.25, -0.2) is 4.79 Å². The number of esters is 1. The number of hydrogen-bond acceptors (Lipinski definition) is 8. The molecule has 0 spiro atoms. The van der Waals surface area contributed by atoms with Gasteiger partial charge in [0.25, 0.3) is 5.91 Å². The van der Waals surface area contributed by atoms with Gasteiger partial charge >= 0.3 is 5.97 Å². The molecule has 1 aliphatic rings. The van der Waals surface area contributed by atoms with Crippen molar-refractivity contribution in [3.63, 3.8) is 0 Å². The van der Waals surface area contributed by atoms with E-state index in [2.05, 4.69) is 25.5 Å². The van der Waals surface area contributed by atoms with Crippen LogP contribution in [-0.4, -0.2) is 72.3 Å². The van der Waals surface area contributed by atoms with Crippen molar-refractivity contribution in [1.29, 1.82) is 0 Å². The second-order valence-electron chi connectivity index (χ2n) is 10.9. The number of hydrogen-bond donors (Lipinski definition) is 3. The van der Waals surface area contributed by atoms with Crippen molar-refractivity contribution in [2.24, 2.45) is 0 Å². The van der Waals surface area contributed by atoms with Crippen molar-refractivity contribution >= 4 is 17.6 Å². The average molecular weight is 564 g/mol. The quantitative estimate of drug-likeness (QED) is 0.295. The number of nitrogens with one attached hydrogen (secondary N) is 3. The smallest absolute Gasteiger partial charge is 0.355 e. The predicted molar refractivity (Wildman–Crippen MR) is 157 cm³/mol. The number of carbonyl (C=O) groups is 2. The molecule has 1 atom stereocenters. The highest BCUT2D eigenvalue weighted by atomic mass is 16.6. The number of rotatable bonds is 11. The summed E-state index contributed by atoms with van der Waals surface area (Å²) in [4.78, 5) is 36.8. The monoisotopic (exact) mass is 563 g/mol. The van der Waals surface area contributed by atoms with Crippen LogP contribution in [0.1, 0.15) is 71.4 Å². The fourth-order valence-electron chi connectivity index (χ4n) is 4.97. The van der Waals surface area contributed by atoms with E-state index in [1.807, 2.05) is 64.1 Å². The molecule has 2 aromatic heterocycles. The van der Waals surface area contributed by atoms with Crippen molar-refractivity contribution in [2.45, 2.75) is 52.3 Å². The second kappa shape index (κ2) is 13.6. The van der Waals surface area contributed by atoms with Gasteiger partial charge in [-0.3, -0.25) is 14.7 Å². The Balaban J connectivity index is 1.61. The van der Waals surface area contributed by atoms with Crippen molar-refractivity contribution in [3.05, 3.63) is 76.9 Å². The molecule has 4 rings (SSSR count). The molecule has 0 saturated carbocycles. The maximum absolute atomic E-state index is 13.9. The van der Waals surface area contributed by atoms with Crippen LogP contribution in [0.15, 0.2) is 48.8 Å². The highest BCUT2D eigenvalue weighted by Crippen LogP contribution is 2.26. The maximum atomic E-state index is 13.9. The number of pyridine rings is 1. The van der Waals surface area contributed by atoms with Gasteiger partial charge in [-0.1, -0.05) is 6.92 Å². The zero-order chi connectivity index (χ0) is 29.4. The number of methoxy groups -OCH3 is 1. The van der Waals surface area contributed by atoms with E-state index in [0.717, 1.165) is 30.1 Å². The summed E-state index contributed by atoms with van der Waals surface area (Å²) in [6, 6.07) is 11.4. The molecule has 10 nitrogen and oxygen atoms in total. The van der Waals surface area contributed by atoms with E-state index in [-0.39, 0.29) is 11.9 Å². The number of aromatic amines is 1. The third kappa shape index (κ3) is 7.86. The zero-order valence-corrected chi connectivity index (χ0v) is 24.6. The van der Waals surface area contributed by atoms with E-state index in [0.29, 0.717) is 55.2 Å². The molecule has 3 aromatic rings. The summed E-state index contributed by atoms with van der Waals surface area (Å²) in [5.74, 6) is 0.0221. The molecule has 3 N–H and O–H groups in total. The van der Waals surface area contributed by atoms with Gasteiger partial charge < -0.3 is 29.8 Å². The largest absolute Gasteiger partial charge is 0.497 e. The normalized spacial score (nSPS) is 14.8. The Morgan fingerprint density at radius 1 is 1.10 bits per heavy atom. The first kappa shape index (κ1) is 30.1. The lowest BCUT2D eigenvalue weighted by Gasteiger charge is -2.34. The number of amides is 1. The van der Waals surface area contributed by atoms with Gasteiger partial charge in [-0.05, 0) is 74.7 Å². The molecule has 1 fully saturated rings. The Morgan fingerprint density at radius 2 is 1.78 bits per heavy atom. The third-order valence-electron chi connectivity index (χ3n) is 6.96. The molecular formula is C31H41N5O5. The Kier molecular flexibility index (Phi) is 10.0. The number of benzene rings is 1. The molecule has 0 radical (unpaired) electrons. The first-order valence-corrected chi connectivity index (χ1v) is 14.0. The van der Waals surface area contributed by atoms with Gasteiger partial charge in [-0.15, -0.1) is 0 Å². The lowest BCUT2D eigenvalue weighted by atomic mass is 10.0. The lowest BCUT2D eigenvalue weighted by molar-refractivity contribution is 0.00621. The van der Waals surface area contributed by atoms with Crippen LogP contribution >= 0.6 is 0 Å². The first-order chi connectivity index (χ1) is 19.7. The minimum Gasteiger partial charge on any atom is -0.497 e. The molecule has 1 aliphatic heterocycles. The van der Waals surface area contributed by atoms with Crippen LogP contribution in [0.25, 0.3) is 0 Å². The molecule has 3 heterocycles. The van der Waals surface area contributed by atoms with Crippen molar-refractivity contribution in [2.75, 3.05) is 45.3 Å². The standard InChI is InChI=1S/C31H41N5O5/c1-6-24-27(29(37)34-20-26(21-11-13-32-14-12-21)36-15-17-40-18-16-36)25(35-28(24)30(38)41-31(2,3)4)19-33-22-7-9-23(39-5)10-8-22/h7-14,26,33,35H,6,15-20H2,1-5H3,(H,34,37). The highest BCUT2D eigenvalue weighted by Gasteiger charge is 2.30. The molecule has 1 amide bonds. The van der Waals surface area contributed by atoms with E-state index in [1.54, 1.807) is 19.5 Å². The zero-order valence-electron chi connectivity index (χ0n) is 24.6. The summed E-state index contributed by atoms with van der Waals surface area (Å²) in [6.07, 6.45) is 4.01. The Bertz CT molecular complexity index is 1290. The predicted octanol–water partition coefficient (Wildman–Crippen LogP) is 4.35. The molecule has 0 aliphatic carbocycles. The van der Waals surface area contributed by atoms with Crippen LogP contribution in [0.5, 0.6) is 5.75 Å². The third-order valence-corrected chi connectivity index (χ3v) is 6.96. The number of H-pyrrole nitrogens is 1. The van der Waals surface area contributed by atoms with Gasteiger partial charge in [0.15, 0.2) is 0 Å². The van der Waals surface area contributed by atoms with Gasteiger partial charge in [-0.2, -0.15) is 0 Å².